The first-order chi connectivity index (χ1) is 32.4. The Hall–Kier alpha value is -8.15. The Morgan fingerprint density at radius 2 is 1.03 bits per heavy atom. The summed E-state index contributed by atoms with van der Waals surface area (Å²) in [5, 5.41) is 6.72. The molecule has 12 aromatic rings. The van der Waals surface area contributed by atoms with Gasteiger partial charge in [-0.15, -0.1) is 0 Å². The summed E-state index contributed by atoms with van der Waals surface area (Å²) in [4.78, 5) is 15.9. The molecule has 3 heterocycles. The minimum atomic E-state index is -0.0879. The van der Waals surface area contributed by atoms with Crippen molar-refractivity contribution in [2.75, 3.05) is 0 Å². The van der Waals surface area contributed by atoms with Crippen molar-refractivity contribution in [1.29, 1.82) is 0 Å². The fourth-order valence-corrected chi connectivity index (χ4v) is 10.2. The summed E-state index contributed by atoms with van der Waals surface area (Å²) >= 11 is 0. The summed E-state index contributed by atoms with van der Waals surface area (Å²) in [6, 6.07) is 69.1. The first kappa shape index (κ1) is 39.4. The highest BCUT2D eigenvalue weighted by Crippen LogP contribution is 2.52. The fraction of sp³-hybridized carbons (Fsp3) is 0.0984. The molecule has 13 rings (SSSR count). The largest absolute Gasteiger partial charge is 0.456 e. The van der Waals surface area contributed by atoms with E-state index in [0.29, 0.717) is 17.6 Å². The molecule has 316 valence electrons. The molecule has 0 saturated heterocycles. The van der Waals surface area contributed by atoms with E-state index >= 15 is 0 Å². The SMILES string of the molecule is CC1(C)c2ccccc2-c2c(-c3cccc(-c4cccc5c6cc7ccccc7cc6n(-c6nc(-c7ccccc7)nc(-c7ccc8c(c7)oc7ccccc78)n6)c45)c3)cccc21.CCC. The predicted octanol–water partition coefficient (Wildman–Crippen LogP) is 16.4. The van der Waals surface area contributed by atoms with Crippen molar-refractivity contribution in [2.45, 2.75) is 39.5 Å². The summed E-state index contributed by atoms with van der Waals surface area (Å²) in [6.45, 7) is 8.93. The number of rotatable bonds is 5. The van der Waals surface area contributed by atoms with Gasteiger partial charge < -0.3 is 4.42 Å². The van der Waals surface area contributed by atoms with Crippen molar-refractivity contribution < 1.29 is 4.42 Å². The fourth-order valence-electron chi connectivity index (χ4n) is 10.2. The number of furan rings is 1. The normalized spacial score (nSPS) is 12.7. The zero-order valence-electron chi connectivity index (χ0n) is 37.4. The molecule has 3 aromatic heterocycles. The number of hydrogen-bond acceptors (Lipinski definition) is 4. The molecule has 0 spiro atoms. The van der Waals surface area contributed by atoms with Crippen LogP contribution in [0.15, 0.2) is 199 Å². The Labute approximate surface area is 383 Å². The quantitative estimate of drug-likeness (QED) is 0.173. The summed E-state index contributed by atoms with van der Waals surface area (Å²) in [6.07, 6.45) is 1.25. The van der Waals surface area contributed by atoms with Gasteiger partial charge in [-0.25, -0.2) is 4.98 Å². The van der Waals surface area contributed by atoms with Crippen molar-refractivity contribution in [2.24, 2.45) is 0 Å². The average Bonchev–Trinajstić information content (AvgIpc) is 3.98. The van der Waals surface area contributed by atoms with Gasteiger partial charge in [0.25, 0.3) is 0 Å². The molecule has 0 saturated carbocycles. The van der Waals surface area contributed by atoms with Crippen LogP contribution in [0.1, 0.15) is 45.2 Å². The number of nitrogens with zero attached hydrogens (tertiary/aromatic N) is 4. The second-order valence-corrected chi connectivity index (χ2v) is 17.9. The third-order valence-electron chi connectivity index (χ3n) is 13.2. The van der Waals surface area contributed by atoms with Gasteiger partial charge in [0.15, 0.2) is 11.6 Å². The number of hydrogen-bond donors (Lipinski definition) is 0. The monoisotopic (exact) mass is 850 g/mol. The van der Waals surface area contributed by atoms with Gasteiger partial charge in [0.2, 0.25) is 5.95 Å². The van der Waals surface area contributed by atoms with E-state index in [0.717, 1.165) is 71.4 Å². The highest BCUT2D eigenvalue weighted by molar-refractivity contribution is 6.17. The lowest BCUT2D eigenvalue weighted by Crippen LogP contribution is -2.14. The zero-order chi connectivity index (χ0) is 44.5. The standard InChI is InChI=1S/C58H38N4O.C3H8/c1-58(2)48-26-10-8-22-46(48)53-41(23-14-27-49(53)58)38-19-12-20-39(31-38)42-24-13-25-45-47-32-36-17-6-7-18-37(36)33-50(47)62(54(42)45)57-60-55(35-15-4-3-5-16-35)59-56(61-57)40-29-30-44-43-21-9-11-28-51(43)63-52(44)34-40;1-3-2/h3-34H,1-2H3;3H2,1-2H3. The van der Waals surface area contributed by atoms with Crippen molar-refractivity contribution in [3.05, 3.63) is 205 Å². The van der Waals surface area contributed by atoms with Gasteiger partial charge in [-0.3, -0.25) is 4.57 Å². The van der Waals surface area contributed by atoms with Crippen LogP contribution in [0.3, 0.4) is 0 Å². The Balaban J connectivity index is 0.00000148. The van der Waals surface area contributed by atoms with Crippen molar-refractivity contribution in [1.82, 2.24) is 19.5 Å². The van der Waals surface area contributed by atoms with Crippen LogP contribution in [0.5, 0.6) is 0 Å². The lowest BCUT2D eigenvalue weighted by atomic mass is 9.82. The molecule has 5 nitrogen and oxygen atoms in total. The van der Waals surface area contributed by atoms with E-state index in [1.165, 1.54) is 45.2 Å². The Bertz CT molecular complexity index is 3860. The highest BCUT2D eigenvalue weighted by atomic mass is 16.3. The molecule has 0 bridgehead atoms. The number of fused-ring (bicyclic) bond motifs is 10. The molecule has 0 fully saturated rings. The van der Waals surface area contributed by atoms with Gasteiger partial charge in [0.1, 0.15) is 11.2 Å². The number of para-hydroxylation sites is 2. The average molecular weight is 851 g/mol. The maximum absolute atomic E-state index is 6.37. The summed E-state index contributed by atoms with van der Waals surface area (Å²) in [5.41, 5.74) is 15.4. The number of benzene rings is 9. The van der Waals surface area contributed by atoms with Crippen LogP contribution >= 0.6 is 0 Å². The van der Waals surface area contributed by atoms with Crippen molar-refractivity contribution >= 4 is 54.5 Å². The summed E-state index contributed by atoms with van der Waals surface area (Å²) in [5.74, 6) is 1.71. The van der Waals surface area contributed by atoms with E-state index in [-0.39, 0.29) is 5.41 Å². The smallest absolute Gasteiger partial charge is 0.238 e. The first-order valence-electron chi connectivity index (χ1n) is 22.9. The molecule has 1 aliphatic rings. The van der Waals surface area contributed by atoms with Gasteiger partial charge >= 0.3 is 0 Å². The van der Waals surface area contributed by atoms with Crippen LogP contribution < -0.4 is 0 Å². The number of aromatic nitrogens is 4. The molecule has 0 N–H and O–H groups in total. The van der Waals surface area contributed by atoms with E-state index in [1.807, 2.05) is 36.4 Å². The van der Waals surface area contributed by atoms with Crippen LogP contribution in [-0.4, -0.2) is 19.5 Å². The molecule has 0 aliphatic heterocycles. The lowest BCUT2D eigenvalue weighted by molar-refractivity contribution is 0.660. The topological polar surface area (TPSA) is 56.7 Å². The minimum Gasteiger partial charge on any atom is -0.456 e. The maximum Gasteiger partial charge on any atom is 0.238 e. The highest BCUT2D eigenvalue weighted by Gasteiger charge is 2.36. The van der Waals surface area contributed by atoms with E-state index < -0.39 is 0 Å². The minimum absolute atomic E-state index is 0.0879. The van der Waals surface area contributed by atoms with Crippen molar-refractivity contribution in [3.63, 3.8) is 0 Å². The van der Waals surface area contributed by atoms with Gasteiger partial charge in [0, 0.05) is 43.7 Å². The van der Waals surface area contributed by atoms with Gasteiger partial charge in [-0.1, -0.05) is 192 Å². The van der Waals surface area contributed by atoms with E-state index in [4.69, 9.17) is 19.4 Å². The predicted molar refractivity (Wildman–Crippen MR) is 274 cm³/mol. The third-order valence-corrected chi connectivity index (χ3v) is 13.2. The molecule has 0 amide bonds. The maximum atomic E-state index is 6.37. The van der Waals surface area contributed by atoms with Crippen LogP contribution in [0, 0.1) is 0 Å². The molecule has 9 aromatic carbocycles. The molecular weight excluding hydrogens is 805 g/mol. The lowest BCUT2D eigenvalue weighted by Gasteiger charge is -2.21. The molecule has 0 unspecified atom stereocenters. The molecule has 66 heavy (non-hydrogen) atoms. The van der Waals surface area contributed by atoms with Crippen LogP contribution in [0.4, 0.5) is 0 Å². The summed E-state index contributed by atoms with van der Waals surface area (Å²) < 4.78 is 8.63. The second-order valence-electron chi connectivity index (χ2n) is 17.9. The van der Waals surface area contributed by atoms with Gasteiger partial charge in [-0.05, 0) is 86.1 Å². The first-order valence-corrected chi connectivity index (χ1v) is 22.9. The Morgan fingerprint density at radius 1 is 0.439 bits per heavy atom. The molecule has 5 heteroatoms. The molecule has 0 radical (unpaired) electrons. The molecule has 0 atom stereocenters. The molecular formula is C61H46N4O. The zero-order valence-corrected chi connectivity index (χ0v) is 37.4. The van der Waals surface area contributed by atoms with Crippen LogP contribution in [-0.2, 0) is 5.41 Å². The van der Waals surface area contributed by atoms with Gasteiger partial charge in [-0.2, -0.15) is 9.97 Å². The van der Waals surface area contributed by atoms with Crippen LogP contribution in [0.25, 0.3) is 117 Å². The molecule has 1 aliphatic carbocycles. The Morgan fingerprint density at radius 3 is 1.86 bits per heavy atom. The van der Waals surface area contributed by atoms with Crippen LogP contribution in [0.2, 0.25) is 0 Å². The van der Waals surface area contributed by atoms with E-state index in [2.05, 4.69) is 190 Å². The third kappa shape index (κ3) is 6.26. The van der Waals surface area contributed by atoms with E-state index in [9.17, 15) is 0 Å². The summed E-state index contributed by atoms with van der Waals surface area (Å²) in [7, 11) is 0. The second kappa shape index (κ2) is 15.5. The van der Waals surface area contributed by atoms with Gasteiger partial charge in [0.05, 0.1) is 11.0 Å². The Kier molecular flexibility index (Phi) is 9.28. The van der Waals surface area contributed by atoms with E-state index in [1.54, 1.807) is 0 Å². The van der Waals surface area contributed by atoms with Crippen molar-refractivity contribution in [3.8, 4) is 62.1 Å².